The molecule has 0 aromatic heterocycles. The van der Waals surface area contributed by atoms with E-state index >= 15 is 0 Å². The number of carbonyl (C=O) groups is 2. The summed E-state index contributed by atoms with van der Waals surface area (Å²) in [6.45, 7) is -0.639. The van der Waals surface area contributed by atoms with E-state index in [0.29, 0.717) is 27.8 Å². The average molecular weight is 389 g/mol. The molecule has 7 nitrogen and oxygen atoms in total. The molecule has 2 aromatic rings. The molecule has 1 aliphatic heterocycles. The number of hydrogen-bond donors (Lipinski definition) is 3. The zero-order valence-corrected chi connectivity index (χ0v) is 14.9. The fourth-order valence-corrected chi connectivity index (χ4v) is 2.70. The van der Waals surface area contributed by atoms with Crippen LogP contribution in [0, 0.1) is 0 Å². The van der Waals surface area contributed by atoms with Crippen molar-refractivity contribution >= 4 is 29.1 Å². The van der Waals surface area contributed by atoms with Gasteiger partial charge in [0, 0.05) is 22.3 Å². The molecule has 8 heteroatoms. The Morgan fingerprint density at radius 3 is 2.48 bits per heavy atom. The van der Waals surface area contributed by atoms with Crippen LogP contribution in [0.1, 0.15) is 5.56 Å². The maximum atomic E-state index is 12.2. The Labute approximate surface area is 160 Å². The maximum Gasteiger partial charge on any atom is 0.277 e. The fourth-order valence-electron chi connectivity index (χ4n) is 2.58. The number of amides is 2. The van der Waals surface area contributed by atoms with Crippen LogP contribution in [0.15, 0.2) is 54.2 Å². The molecule has 0 bridgehead atoms. The zero-order chi connectivity index (χ0) is 19.4. The predicted octanol–water partition coefficient (Wildman–Crippen LogP) is 2.28. The van der Waals surface area contributed by atoms with E-state index in [9.17, 15) is 14.7 Å². The minimum absolute atomic E-state index is 0.0604. The van der Waals surface area contributed by atoms with E-state index in [-0.39, 0.29) is 25.5 Å². The Hall–Kier alpha value is -2.87. The topological polar surface area (TPSA) is 99.1 Å². The van der Waals surface area contributed by atoms with E-state index in [0.717, 1.165) is 4.90 Å². The molecule has 0 unspecified atom stereocenters. The summed E-state index contributed by atoms with van der Waals surface area (Å²) in [5.74, 6) is 0.0199. The van der Waals surface area contributed by atoms with Crippen LogP contribution in [0.25, 0.3) is 0 Å². The monoisotopic (exact) mass is 388 g/mol. The molecule has 1 aliphatic rings. The lowest BCUT2D eigenvalue weighted by Gasteiger charge is -2.15. The van der Waals surface area contributed by atoms with Crippen molar-refractivity contribution in [2.75, 3.05) is 18.5 Å². The molecule has 2 amide bonds. The van der Waals surface area contributed by atoms with E-state index < -0.39 is 11.8 Å². The lowest BCUT2D eigenvalue weighted by atomic mass is 10.1. The van der Waals surface area contributed by atoms with Gasteiger partial charge in [0.2, 0.25) is 0 Å². The molecule has 0 atom stereocenters. The molecule has 0 spiro atoms. The van der Waals surface area contributed by atoms with Crippen LogP contribution in [-0.4, -0.2) is 40.1 Å². The van der Waals surface area contributed by atoms with E-state index in [2.05, 4.69) is 5.32 Å². The predicted molar refractivity (Wildman–Crippen MR) is 99.4 cm³/mol. The van der Waals surface area contributed by atoms with Crippen LogP contribution in [0.5, 0.6) is 11.5 Å². The second kappa shape index (κ2) is 8.22. The van der Waals surface area contributed by atoms with Crippen LogP contribution >= 0.6 is 11.6 Å². The maximum absolute atomic E-state index is 12.2. The Morgan fingerprint density at radius 1 is 1.07 bits per heavy atom. The van der Waals surface area contributed by atoms with Gasteiger partial charge in [0.15, 0.2) is 0 Å². The summed E-state index contributed by atoms with van der Waals surface area (Å²) >= 11 is 5.85. The van der Waals surface area contributed by atoms with E-state index in [1.807, 2.05) is 0 Å². The number of anilines is 1. The second-order valence-corrected chi connectivity index (χ2v) is 6.17. The van der Waals surface area contributed by atoms with Crippen LogP contribution in [0.3, 0.4) is 0 Å². The summed E-state index contributed by atoms with van der Waals surface area (Å²) in [4.78, 5) is 24.9. The standard InChI is InChI=1S/C19H17ClN2O5/c20-13-1-4-15(5-2-13)27-17-6-3-14(9-12(17)11-24)21-16-10-18(25)22(7-8-23)19(16)26/h1-6,9-10,21,23-24H,7-8,11H2. The third-order valence-corrected chi connectivity index (χ3v) is 4.14. The molecule has 0 radical (unpaired) electrons. The van der Waals surface area contributed by atoms with Gasteiger partial charge in [0.25, 0.3) is 11.8 Å². The van der Waals surface area contributed by atoms with Crippen LogP contribution in [0.4, 0.5) is 5.69 Å². The highest BCUT2D eigenvalue weighted by atomic mass is 35.5. The zero-order valence-electron chi connectivity index (χ0n) is 14.2. The third-order valence-electron chi connectivity index (χ3n) is 3.88. The molecule has 3 rings (SSSR count). The van der Waals surface area contributed by atoms with Gasteiger partial charge in [0.05, 0.1) is 19.8 Å². The molecular weight excluding hydrogens is 372 g/mol. The number of nitrogens with one attached hydrogen (secondary N) is 1. The molecular formula is C19H17ClN2O5. The van der Waals surface area contributed by atoms with Gasteiger partial charge in [-0.05, 0) is 42.5 Å². The Balaban J connectivity index is 1.76. The Bertz CT molecular complexity index is 895. The van der Waals surface area contributed by atoms with Crippen molar-refractivity contribution < 1.29 is 24.5 Å². The molecule has 3 N–H and O–H groups in total. The van der Waals surface area contributed by atoms with E-state index in [4.69, 9.17) is 21.4 Å². The van der Waals surface area contributed by atoms with Gasteiger partial charge in [0.1, 0.15) is 17.2 Å². The highest BCUT2D eigenvalue weighted by Crippen LogP contribution is 2.29. The van der Waals surface area contributed by atoms with Crippen molar-refractivity contribution in [3.63, 3.8) is 0 Å². The molecule has 0 fully saturated rings. The molecule has 27 heavy (non-hydrogen) atoms. The van der Waals surface area contributed by atoms with Crippen molar-refractivity contribution in [1.82, 2.24) is 4.90 Å². The second-order valence-electron chi connectivity index (χ2n) is 5.74. The van der Waals surface area contributed by atoms with Gasteiger partial charge in [-0.2, -0.15) is 0 Å². The number of nitrogens with zero attached hydrogens (tertiary/aromatic N) is 1. The molecule has 2 aromatic carbocycles. The number of ether oxygens (including phenoxy) is 1. The van der Waals surface area contributed by atoms with Gasteiger partial charge >= 0.3 is 0 Å². The number of aliphatic hydroxyl groups excluding tert-OH is 2. The third kappa shape index (κ3) is 4.28. The first-order valence-electron chi connectivity index (χ1n) is 8.14. The number of carbonyl (C=O) groups excluding carboxylic acids is 2. The summed E-state index contributed by atoms with van der Waals surface area (Å²) in [6.07, 6.45) is 1.18. The summed E-state index contributed by atoms with van der Waals surface area (Å²) < 4.78 is 5.75. The lowest BCUT2D eigenvalue weighted by Crippen LogP contribution is -2.34. The van der Waals surface area contributed by atoms with E-state index in [1.54, 1.807) is 42.5 Å². The largest absolute Gasteiger partial charge is 0.457 e. The van der Waals surface area contributed by atoms with Gasteiger partial charge < -0.3 is 20.3 Å². The number of β-amino-alcohol motifs (C(OH)–C–C–N with tert-alkyl or cyclic N) is 1. The summed E-state index contributed by atoms with van der Waals surface area (Å²) in [5, 5.41) is 22.0. The van der Waals surface area contributed by atoms with Gasteiger partial charge in [-0.25, -0.2) is 0 Å². The van der Waals surface area contributed by atoms with Crippen LogP contribution in [0.2, 0.25) is 5.02 Å². The summed E-state index contributed by atoms with van der Waals surface area (Å²) in [6, 6.07) is 11.7. The normalized spacial score (nSPS) is 13.7. The fraction of sp³-hybridized carbons (Fsp3) is 0.158. The van der Waals surface area contributed by atoms with Crippen molar-refractivity contribution in [2.24, 2.45) is 0 Å². The summed E-state index contributed by atoms with van der Waals surface area (Å²) in [7, 11) is 0. The molecule has 1 heterocycles. The smallest absolute Gasteiger partial charge is 0.277 e. The first kappa shape index (κ1) is 18.9. The quantitative estimate of drug-likeness (QED) is 0.629. The first-order valence-corrected chi connectivity index (χ1v) is 8.52. The molecule has 0 saturated heterocycles. The van der Waals surface area contributed by atoms with Crippen LogP contribution < -0.4 is 10.1 Å². The number of benzene rings is 2. The highest BCUT2D eigenvalue weighted by molar-refractivity contribution is 6.30. The number of aliphatic hydroxyl groups is 2. The van der Waals surface area contributed by atoms with Gasteiger partial charge in [-0.15, -0.1) is 0 Å². The number of hydrogen-bond acceptors (Lipinski definition) is 6. The Morgan fingerprint density at radius 2 is 1.81 bits per heavy atom. The van der Waals surface area contributed by atoms with Crippen molar-refractivity contribution in [3.8, 4) is 11.5 Å². The van der Waals surface area contributed by atoms with Gasteiger partial charge in [-0.1, -0.05) is 11.6 Å². The summed E-state index contributed by atoms with van der Waals surface area (Å²) in [5.41, 5.74) is 1.11. The molecule has 140 valence electrons. The minimum Gasteiger partial charge on any atom is -0.457 e. The lowest BCUT2D eigenvalue weighted by molar-refractivity contribution is -0.137. The molecule has 0 aliphatic carbocycles. The van der Waals surface area contributed by atoms with Crippen molar-refractivity contribution in [1.29, 1.82) is 0 Å². The first-order chi connectivity index (χ1) is 13.0. The number of imide groups is 1. The minimum atomic E-state index is -0.513. The van der Waals surface area contributed by atoms with Gasteiger partial charge in [-0.3, -0.25) is 14.5 Å². The molecule has 0 saturated carbocycles. The van der Waals surface area contributed by atoms with Crippen LogP contribution in [-0.2, 0) is 16.2 Å². The van der Waals surface area contributed by atoms with E-state index in [1.165, 1.54) is 6.08 Å². The van der Waals surface area contributed by atoms with Crippen molar-refractivity contribution in [2.45, 2.75) is 6.61 Å². The Kier molecular flexibility index (Phi) is 5.75. The SMILES string of the molecule is O=C1C=C(Nc2ccc(Oc3ccc(Cl)cc3)c(CO)c2)C(=O)N1CCO. The highest BCUT2D eigenvalue weighted by Gasteiger charge is 2.30. The number of halogens is 1. The average Bonchev–Trinajstić information content (AvgIpc) is 2.92. The van der Waals surface area contributed by atoms with Crippen molar-refractivity contribution in [3.05, 3.63) is 64.8 Å². The number of rotatable bonds is 7.